The van der Waals surface area contributed by atoms with Crippen molar-refractivity contribution in [2.45, 2.75) is 38.8 Å². The van der Waals surface area contributed by atoms with Crippen LogP contribution in [-0.4, -0.2) is 40.2 Å². The molecule has 7 nitrogen and oxygen atoms in total. The van der Waals surface area contributed by atoms with Crippen molar-refractivity contribution in [3.63, 3.8) is 0 Å². The van der Waals surface area contributed by atoms with Crippen LogP contribution < -0.4 is 10.2 Å². The highest BCUT2D eigenvalue weighted by atomic mass is 32.1. The van der Waals surface area contributed by atoms with E-state index in [4.69, 9.17) is 4.74 Å². The van der Waals surface area contributed by atoms with E-state index in [0.29, 0.717) is 11.2 Å². The van der Waals surface area contributed by atoms with Gasteiger partial charge in [-0.05, 0) is 56.7 Å². The Balaban J connectivity index is 0.00000385. The fourth-order valence-electron chi connectivity index (χ4n) is 3.31. The molecule has 0 radical (unpaired) electrons. The molecule has 2 amide bonds. The van der Waals surface area contributed by atoms with Crippen molar-refractivity contribution < 1.29 is 23.1 Å². The third-order valence-electron chi connectivity index (χ3n) is 4.78. The van der Waals surface area contributed by atoms with Gasteiger partial charge in [-0.15, -0.1) is 0 Å². The van der Waals surface area contributed by atoms with Crippen LogP contribution in [0.5, 0.6) is 0 Å². The Kier molecular flexibility index (Phi) is 8.07. The number of ether oxygens (including phenoxy) is 1. The second kappa shape index (κ2) is 10.2. The molecule has 0 fully saturated rings. The molecule has 178 valence electrons. The quantitative estimate of drug-likeness (QED) is 0.600. The average Bonchev–Trinajstić information content (AvgIpc) is 3.04. The van der Waals surface area contributed by atoms with Crippen molar-refractivity contribution >= 4 is 42.2 Å². The molecule has 1 atom stereocenters. The highest BCUT2D eigenvalue weighted by Gasteiger charge is 2.28. The van der Waals surface area contributed by atoms with Crippen LogP contribution in [0.25, 0.3) is 11.0 Å². The number of imidazole rings is 1. The minimum Gasteiger partial charge on any atom is -0.444 e. The molecule has 2 aromatic carbocycles. The Morgan fingerprint density at radius 2 is 1.79 bits per heavy atom. The number of alkyl carbamates (subject to hydrolysis) is 1. The monoisotopic (exact) mass is 478 g/mol. The fraction of sp³-hybridized carbons (Fsp3) is 0.348. The summed E-state index contributed by atoms with van der Waals surface area (Å²) in [6.45, 7) is 5.08. The summed E-state index contributed by atoms with van der Waals surface area (Å²) >= 11 is 0. The van der Waals surface area contributed by atoms with Gasteiger partial charge in [0.1, 0.15) is 23.3 Å². The van der Waals surface area contributed by atoms with Crippen LogP contribution in [0.3, 0.4) is 0 Å². The van der Waals surface area contributed by atoms with Gasteiger partial charge in [-0.3, -0.25) is 4.79 Å². The van der Waals surface area contributed by atoms with Crippen LogP contribution >= 0.6 is 13.5 Å². The molecule has 0 spiro atoms. The van der Waals surface area contributed by atoms with Gasteiger partial charge in [-0.2, -0.15) is 13.5 Å². The van der Waals surface area contributed by atoms with E-state index in [1.54, 1.807) is 46.3 Å². The van der Waals surface area contributed by atoms with E-state index in [-0.39, 0.29) is 25.5 Å². The second-order valence-electron chi connectivity index (χ2n) is 8.61. The smallest absolute Gasteiger partial charge is 0.408 e. The molecule has 1 aromatic heterocycles. The zero-order valence-corrected chi connectivity index (χ0v) is 20.1. The summed E-state index contributed by atoms with van der Waals surface area (Å²) in [4.78, 5) is 31.3. The van der Waals surface area contributed by atoms with Crippen LogP contribution in [0.1, 0.15) is 26.3 Å². The Bertz CT molecular complexity index is 1140. The Labute approximate surface area is 198 Å². The molecule has 3 rings (SSSR count). The molecular formula is C23H28F2N4O3S. The molecule has 0 aliphatic rings. The number of carbonyl (C=O) groups is 2. The lowest BCUT2D eigenvalue weighted by atomic mass is 10.0. The lowest BCUT2D eigenvalue weighted by molar-refractivity contribution is -0.120. The van der Waals surface area contributed by atoms with E-state index < -0.39 is 35.3 Å². The molecule has 10 heteroatoms. The van der Waals surface area contributed by atoms with Gasteiger partial charge < -0.3 is 19.5 Å². The first-order chi connectivity index (χ1) is 14.9. The van der Waals surface area contributed by atoms with Crippen LogP contribution in [0.4, 0.5) is 19.3 Å². The first kappa shape index (κ1) is 26.1. The molecule has 0 aliphatic carbocycles. The van der Waals surface area contributed by atoms with Crippen molar-refractivity contribution in [2.24, 2.45) is 7.05 Å². The predicted octanol–water partition coefficient (Wildman–Crippen LogP) is 4.06. The van der Waals surface area contributed by atoms with Gasteiger partial charge in [-0.1, -0.05) is 0 Å². The van der Waals surface area contributed by atoms with Crippen molar-refractivity contribution in [1.82, 2.24) is 14.9 Å². The number of halogens is 2. The number of carbonyl (C=O) groups excluding carboxylic acids is 2. The molecule has 0 aliphatic heterocycles. The molecule has 0 unspecified atom stereocenters. The molecule has 0 saturated heterocycles. The summed E-state index contributed by atoms with van der Waals surface area (Å²) in [5.41, 5.74) is 1.60. The second-order valence-corrected chi connectivity index (χ2v) is 8.61. The number of hydrogen-bond donors (Lipinski definition) is 1. The zero-order valence-electron chi connectivity index (χ0n) is 19.1. The van der Waals surface area contributed by atoms with Crippen LogP contribution in [0, 0.1) is 11.6 Å². The number of aryl methyl sites for hydroxylation is 1. The van der Waals surface area contributed by atoms with E-state index in [0.717, 1.165) is 23.7 Å². The molecule has 3 aromatic rings. The molecule has 1 N–H and O–H groups in total. The highest BCUT2D eigenvalue weighted by molar-refractivity contribution is 7.59. The first-order valence-electron chi connectivity index (χ1n) is 10.1. The minimum atomic E-state index is -1.12. The number of amides is 2. The fourth-order valence-corrected chi connectivity index (χ4v) is 3.31. The van der Waals surface area contributed by atoms with Gasteiger partial charge in [0.2, 0.25) is 5.91 Å². The number of aromatic nitrogens is 2. The molecule has 0 bridgehead atoms. The van der Waals surface area contributed by atoms with E-state index in [9.17, 15) is 18.4 Å². The third kappa shape index (κ3) is 6.67. The van der Waals surface area contributed by atoms with E-state index in [1.165, 1.54) is 4.90 Å². The van der Waals surface area contributed by atoms with Gasteiger partial charge in [0.25, 0.3) is 0 Å². The third-order valence-corrected chi connectivity index (χ3v) is 4.78. The standard InChI is InChI=1S/C23H26F2N4O3.H2S/c1-23(2,3)32-22(31)27-19(10-14-8-15(24)11-16(25)9-14)21(30)29(5)17-6-7-20-18(12-17)26-13-28(20)4;/h6-9,11-13,19H,10H2,1-5H3,(H,27,31);1H2/t19-;/m0./s1. The topological polar surface area (TPSA) is 76.5 Å². The molecule has 0 saturated carbocycles. The van der Waals surface area contributed by atoms with Crippen LogP contribution in [-0.2, 0) is 23.0 Å². The number of anilines is 1. The number of likely N-dealkylation sites (N-methyl/N-ethyl adjacent to an activating group) is 1. The summed E-state index contributed by atoms with van der Waals surface area (Å²) in [7, 11) is 3.42. The maximum atomic E-state index is 13.7. The summed E-state index contributed by atoms with van der Waals surface area (Å²) < 4.78 is 34.5. The molecular weight excluding hydrogens is 450 g/mol. The highest BCUT2D eigenvalue weighted by Crippen LogP contribution is 2.22. The van der Waals surface area contributed by atoms with Gasteiger partial charge in [0.05, 0.1) is 17.4 Å². The summed E-state index contributed by atoms with van der Waals surface area (Å²) in [5, 5.41) is 2.54. The van der Waals surface area contributed by atoms with Crippen LogP contribution in [0.15, 0.2) is 42.7 Å². The Morgan fingerprint density at radius 1 is 1.15 bits per heavy atom. The molecule has 33 heavy (non-hydrogen) atoms. The summed E-state index contributed by atoms with van der Waals surface area (Å²) in [6.07, 6.45) is 0.742. The lowest BCUT2D eigenvalue weighted by Gasteiger charge is -2.27. The summed E-state index contributed by atoms with van der Waals surface area (Å²) in [6, 6.07) is 7.22. The van der Waals surface area contributed by atoms with E-state index >= 15 is 0 Å². The first-order valence-corrected chi connectivity index (χ1v) is 10.1. The minimum absolute atomic E-state index is 0. The van der Waals surface area contributed by atoms with Gasteiger partial charge in [0, 0.05) is 32.3 Å². The maximum Gasteiger partial charge on any atom is 0.408 e. The Hall–Kier alpha value is -3.14. The lowest BCUT2D eigenvalue weighted by Crippen LogP contribution is -2.50. The number of rotatable bonds is 5. The normalized spacial score (nSPS) is 12.1. The zero-order chi connectivity index (χ0) is 23.6. The van der Waals surface area contributed by atoms with E-state index in [2.05, 4.69) is 10.3 Å². The predicted molar refractivity (Wildman–Crippen MR) is 128 cm³/mol. The number of hydrogen-bond acceptors (Lipinski definition) is 4. The van der Waals surface area contributed by atoms with Crippen molar-refractivity contribution in [2.75, 3.05) is 11.9 Å². The maximum absolute atomic E-state index is 13.7. The number of benzene rings is 2. The average molecular weight is 479 g/mol. The van der Waals surface area contributed by atoms with Gasteiger partial charge in [-0.25, -0.2) is 18.6 Å². The van der Waals surface area contributed by atoms with Crippen LogP contribution in [0.2, 0.25) is 0 Å². The summed E-state index contributed by atoms with van der Waals surface area (Å²) in [5.74, 6) is -2.01. The largest absolute Gasteiger partial charge is 0.444 e. The SMILES string of the molecule is CN(C(=O)[C@H](Cc1cc(F)cc(F)c1)NC(=O)OC(C)(C)C)c1ccc2c(c1)ncn2C.S. The van der Waals surface area contributed by atoms with Crippen molar-refractivity contribution in [1.29, 1.82) is 0 Å². The number of nitrogens with zero attached hydrogens (tertiary/aromatic N) is 3. The Morgan fingerprint density at radius 3 is 2.39 bits per heavy atom. The van der Waals surface area contributed by atoms with Crippen molar-refractivity contribution in [3.05, 3.63) is 59.9 Å². The van der Waals surface area contributed by atoms with E-state index in [1.807, 2.05) is 17.7 Å². The van der Waals surface area contributed by atoms with Crippen molar-refractivity contribution in [3.8, 4) is 0 Å². The number of fused-ring (bicyclic) bond motifs is 1. The number of nitrogens with one attached hydrogen (secondary N) is 1. The molecule has 1 heterocycles. The van der Waals surface area contributed by atoms with Gasteiger partial charge in [0.15, 0.2) is 0 Å². The van der Waals surface area contributed by atoms with Gasteiger partial charge >= 0.3 is 6.09 Å².